The van der Waals surface area contributed by atoms with E-state index in [2.05, 4.69) is 37.5 Å². The zero-order valence-electron chi connectivity index (χ0n) is 29.2. The first-order valence-corrected chi connectivity index (χ1v) is 19.6. The number of fused-ring (bicyclic) bond motifs is 7. The molecule has 2 bridgehead atoms. The minimum absolute atomic E-state index is 0.0416. The van der Waals surface area contributed by atoms with Crippen molar-refractivity contribution in [3.8, 4) is 17.0 Å². The molecule has 2 aromatic carbocycles. The van der Waals surface area contributed by atoms with Crippen LogP contribution in [0.4, 0.5) is 0 Å². The number of aryl methyl sites for hydroxylation is 1. The Labute approximate surface area is 293 Å². The fourth-order valence-corrected chi connectivity index (χ4v) is 9.60. The van der Waals surface area contributed by atoms with Crippen LogP contribution >= 0.6 is 0 Å². The van der Waals surface area contributed by atoms with Crippen molar-refractivity contribution < 1.29 is 22.7 Å². The first kappa shape index (κ1) is 32.8. The molecule has 50 heavy (non-hydrogen) atoms. The van der Waals surface area contributed by atoms with Crippen LogP contribution in [-0.2, 0) is 23.6 Å². The van der Waals surface area contributed by atoms with E-state index in [0.717, 1.165) is 96.1 Å². The van der Waals surface area contributed by atoms with Crippen LogP contribution in [0, 0.1) is 0 Å². The minimum Gasteiger partial charge on any atom is -0.497 e. The number of carbonyl (C=O) groups is 2. The average molecular weight is 696 g/mol. The highest BCUT2D eigenvalue weighted by Crippen LogP contribution is 2.48. The van der Waals surface area contributed by atoms with Gasteiger partial charge in [-0.25, -0.2) is 13.1 Å². The number of nitrogens with zero attached hydrogens (tertiary/aromatic N) is 4. The number of methoxy groups -OCH3 is 1. The molecule has 3 aliphatic heterocycles. The van der Waals surface area contributed by atoms with Crippen molar-refractivity contribution >= 4 is 44.4 Å². The smallest absolute Gasteiger partial charge is 0.264 e. The number of benzene rings is 2. The maximum atomic E-state index is 14.3. The third-order valence-corrected chi connectivity index (χ3v) is 13.3. The van der Waals surface area contributed by atoms with Crippen molar-refractivity contribution in [1.29, 1.82) is 0 Å². The van der Waals surface area contributed by atoms with Gasteiger partial charge in [-0.05, 0) is 111 Å². The lowest BCUT2D eigenvalue weighted by Gasteiger charge is -2.24. The predicted molar refractivity (Wildman–Crippen MR) is 195 cm³/mol. The van der Waals surface area contributed by atoms with Crippen LogP contribution < -0.4 is 9.46 Å². The molecule has 2 saturated heterocycles. The number of hydrogen-bond donors (Lipinski definition) is 1. The molecule has 3 fully saturated rings. The van der Waals surface area contributed by atoms with Crippen LogP contribution in [0.5, 0.6) is 5.75 Å². The fraction of sp³-hybridized carbons (Fsp3) is 0.462. The third kappa shape index (κ3) is 5.36. The minimum atomic E-state index is -3.82. The van der Waals surface area contributed by atoms with Gasteiger partial charge in [0, 0.05) is 41.2 Å². The van der Waals surface area contributed by atoms with E-state index in [-0.39, 0.29) is 23.6 Å². The van der Waals surface area contributed by atoms with Crippen LogP contribution in [0.1, 0.15) is 115 Å². The molecule has 1 N–H and O–H groups in total. The Morgan fingerprint density at radius 3 is 2.34 bits per heavy atom. The molecule has 0 unspecified atom stereocenters. The summed E-state index contributed by atoms with van der Waals surface area (Å²) in [4.78, 5) is 29.8. The molecular formula is C39H45N5O5S. The molecule has 4 aromatic rings. The number of sulfonamides is 1. The van der Waals surface area contributed by atoms with Gasteiger partial charge in [0.2, 0.25) is 10.0 Å². The SMILES string of the molecule is COc1ccc2c(c1)C=C(c1c(C(=O)N3C4CCC3CC4)cnn1C)Cn1c-2c(C2CCCCC2)c2ccc(C(=O)NS(=O)(=O)C(C)C)cc21. The van der Waals surface area contributed by atoms with Crippen molar-refractivity contribution in [3.63, 3.8) is 0 Å². The summed E-state index contributed by atoms with van der Waals surface area (Å²) >= 11 is 0. The summed E-state index contributed by atoms with van der Waals surface area (Å²) in [6.45, 7) is 3.53. The maximum absolute atomic E-state index is 14.3. The Hall–Kier alpha value is -4.38. The lowest BCUT2D eigenvalue weighted by Crippen LogP contribution is -2.35. The Balaban J connectivity index is 1.34. The summed E-state index contributed by atoms with van der Waals surface area (Å²) < 4.78 is 37.5. The molecule has 0 radical (unpaired) electrons. The molecular weight excluding hydrogens is 651 g/mol. The lowest BCUT2D eigenvalue weighted by atomic mass is 9.81. The molecule has 0 spiro atoms. The average Bonchev–Trinajstić information content (AvgIpc) is 3.87. The van der Waals surface area contributed by atoms with Gasteiger partial charge < -0.3 is 14.2 Å². The Morgan fingerprint density at radius 2 is 1.66 bits per heavy atom. The molecule has 5 heterocycles. The topological polar surface area (TPSA) is 116 Å². The number of hydrogen-bond acceptors (Lipinski definition) is 6. The molecule has 1 aliphatic carbocycles. The van der Waals surface area contributed by atoms with Crippen LogP contribution in [0.15, 0.2) is 42.6 Å². The van der Waals surface area contributed by atoms with Crippen molar-refractivity contribution in [3.05, 3.63) is 70.5 Å². The Bertz CT molecular complexity index is 2150. The van der Waals surface area contributed by atoms with Gasteiger partial charge in [0.05, 0.1) is 42.1 Å². The van der Waals surface area contributed by atoms with Gasteiger partial charge >= 0.3 is 0 Å². The maximum Gasteiger partial charge on any atom is 0.264 e. The summed E-state index contributed by atoms with van der Waals surface area (Å²) in [5, 5.41) is 4.96. The van der Waals surface area contributed by atoms with E-state index in [4.69, 9.17) is 4.74 Å². The van der Waals surface area contributed by atoms with E-state index in [1.54, 1.807) is 33.2 Å². The lowest BCUT2D eigenvalue weighted by molar-refractivity contribution is 0.0729. The fourth-order valence-electron chi connectivity index (χ4n) is 8.99. The molecule has 10 nitrogen and oxygen atoms in total. The van der Waals surface area contributed by atoms with Gasteiger partial charge in [0.1, 0.15) is 5.75 Å². The van der Waals surface area contributed by atoms with E-state index in [1.165, 1.54) is 12.0 Å². The van der Waals surface area contributed by atoms with Crippen LogP contribution in [0.2, 0.25) is 0 Å². The number of allylic oxidation sites excluding steroid dienone is 1. The highest BCUT2D eigenvalue weighted by molar-refractivity contribution is 7.90. The van der Waals surface area contributed by atoms with E-state index in [1.807, 2.05) is 29.9 Å². The normalized spacial score (nSPS) is 20.5. The Kier molecular flexibility index (Phi) is 8.16. The summed E-state index contributed by atoms with van der Waals surface area (Å²) in [6, 6.07) is 12.3. The number of amides is 2. The van der Waals surface area contributed by atoms with Gasteiger partial charge in [0.15, 0.2) is 0 Å². The van der Waals surface area contributed by atoms with Gasteiger partial charge in [-0.1, -0.05) is 25.3 Å². The van der Waals surface area contributed by atoms with Gasteiger partial charge in [-0.3, -0.25) is 14.3 Å². The summed E-state index contributed by atoms with van der Waals surface area (Å²) in [6.07, 6.45) is 13.8. The van der Waals surface area contributed by atoms with Crippen LogP contribution in [0.3, 0.4) is 0 Å². The van der Waals surface area contributed by atoms with Gasteiger partial charge in [-0.15, -0.1) is 0 Å². The predicted octanol–water partition coefficient (Wildman–Crippen LogP) is 6.89. The standard InChI is InChI=1S/C39H45N5O5S/c1-23(2)50(47,48)41-38(45)25-10-16-32-34(20-25)43-22-27(36-33(21-40-42(36)3)39(46)44-28-11-12-29(44)14-13-28)18-26-19-30(49-4)15-17-31(26)37(43)35(32)24-8-6-5-7-9-24/h10,15-21,23-24,28-29H,5-9,11-14,22H2,1-4H3,(H,41,45). The van der Waals surface area contributed by atoms with Gasteiger partial charge in [-0.2, -0.15) is 5.10 Å². The number of rotatable bonds is 7. The Morgan fingerprint density at radius 1 is 0.940 bits per heavy atom. The highest BCUT2D eigenvalue weighted by atomic mass is 32.2. The molecule has 1 saturated carbocycles. The molecule has 0 atom stereocenters. The van der Waals surface area contributed by atoms with Crippen molar-refractivity contribution in [2.45, 2.75) is 101 Å². The van der Waals surface area contributed by atoms with E-state index in [9.17, 15) is 18.0 Å². The molecule has 8 rings (SSSR count). The van der Waals surface area contributed by atoms with Gasteiger partial charge in [0.25, 0.3) is 11.8 Å². The third-order valence-electron chi connectivity index (χ3n) is 11.6. The zero-order chi connectivity index (χ0) is 34.9. The molecule has 262 valence electrons. The van der Waals surface area contributed by atoms with E-state index in [0.29, 0.717) is 18.0 Å². The van der Waals surface area contributed by atoms with Crippen molar-refractivity contribution in [2.75, 3.05) is 7.11 Å². The van der Waals surface area contributed by atoms with E-state index >= 15 is 0 Å². The molecule has 4 aliphatic rings. The van der Waals surface area contributed by atoms with Crippen LogP contribution in [-0.4, -0.2) is 63.9 Å². The molecule has 11 heteroatoms. The highest BCUT2D eigenvalue weighted by Gasteiger charge is 2.43. The first-order valence-electron chi connectivity index (χ1n) is 18.0. The quantitative estimate of drug-likeness (QED) is 0.225. The monoisotopic (exact) mass is 695 g/mol. The second kappa shape index (κ2) is 12.4. The largest absolute Gasteiger partial charge is 0.497 e. The number of carbonyl (C=O) groups excluding carboxylic acids is 2. The first-order chi connectivity index (χ1) is 24.1. The number of ether oxygens (including phenoxy) is 1. The zero-order valence-corrected chi connectivity index (χ0v) is 30.1. The second-order valence-electron chi connectivity index (χ2n) is 14.8. The van der Waals surface area contributed by atoms with Crippen LogP contribution in [0.25, 0.3) is 33.8 Å². The summed E-state index contributed by atoms with van der Waals surface area (Å²) in [7, 11) is -0.260. The van der Waals surface area contributed by atoms with Crippen molar-refractivity contribution in [2.24, 2.45) is 7.05 Å². The second-order valence-corrected chi connectivity index (χ2v) is 17.0. The number of aromatic nitrogens is 3. The molecule has 2 aromatic heterocycles. The summed E-state index contributed by atoms with van der Waals surface area (Å²) in [5.74, 6) is 0.465. The molecule has 2 amide bonds. The summed E-state index contributed by atoms with van der Waals surface area (Å²) in [5.41, 5.74) is 7.85. The number of nitrogens with one attached hydrogen (secondary N) is 1. The van der Waals surface area contributed by atoms with Crippen molar-refractivity contribution in [1.82, 2.24) is 24.0 Å². The van der Waals surface area contributed by atoms with E-state index < -0.39 is 21.2 Å².